The highest BCUT2D eigenvalue weighted by molar-refractivity contribution is 5.31. The Kier molecular flexibility index (Phi) is 4.06. The van der Waals surface area contributed by atoms with Gasteiger partial charge in [-0.3, -0.25) is 0 Å². The summed E-state index contributed by atoms with van der Waals surface area (Å²) in [6.45, 7) is 4.09. The van der Waals surface area contributed by atoms with E-state index in [9.17, 15) is 0 Å². The van der Waals surface area contributed by atoms with Crippen molar-refractivity contribution in [2.24, 2.45) is 11.7 Å². The lowest BCUT2D eigenvalue weighted by atomic mass is 9.92. The van der Waals surface area contributed by atoms with Crippen LogP contribution in [0.4, 0.5) is 0 Å². The first-order chi connectivity index (χ1) is 8.16. The van der Waals surface area contributed by atoms with E-state index < -0.39 is 0 Å². The fraction of sp³-hybridized carbons (Fsp3) is 0.600. The lowest BCUT2D eigenvalue weighted by Crippen LogP contribution is -2.19. The van der Waals surface area contributed by atoms with Crippen molar-refractivity contribution < 1.29 is 4.74 Å². The van der Waals surface area contributed by atoms with Gasteiger partial charge in [-0.05, 0) is 50.3 Å². The summed E-state index contributed by atoms with van der Waals surface area (Å²) in [4.78, 5) is 0. The third-order valence-electron chi connectivity index (χ3n) is 3.52. The second-order valence-corrected chi connectivity index (χ2v) is 5.31. The van der Waals surface area contributed by atoms with Crippen LogP contribution in [0, 0.1) is 5.92 Å². The number of hydrogen-bond donors (Lipinski definition) is 1. The molecule has 1 fully saturated rings. The topological polar surface area (TPSA) is 35.2 Å². The summed E-state index contributed by atoms with van der Waals surface area (Å²) in [5, 5.41) is 0. The van der Waals surface area contributed by atoms with Gasteiger partial charge in [0.15, 0.2) is 0 Å². The second kappa shape index (κ2) is 5.54. The van der Waals surface area contributed by atoms with Crippen LogP contribution in [0.1, 0.15) is 51.1 Å². The molecule has 0 saturated heterocycles. The first kappa shape index (κ1) is 12.4. The minimum atomic E-state index is 0.174. The van der Waals surface area contributed by atoms with E-state index in [2.05, 4.69) is 12.1 Å². The molecule has 1 atom stereocenters. The zero-order valence-electron chi connectivity index (χ0n) is 10.9. The second-order valence-electron chi connectivity index (χ2n) is 5.31. The molecule has 2 N–H and O–H groups in total. The van der Waals surface area contributed by atoms with Crippen LogP contribution < -0.4 is 10.5 Å². The Balaban J connectivity index is 2.09. The molecule has 0 aromatic heterocycles. The maximum atomic E-state index is 6.34. The molecule has 1 aromatic carbocycles. The Morgan fingerprint density at radius 2 is 1.94 bits per heavy atom. The Labute approximate surface area is 104 Å². The molecule has 17 heavy (non-hydrogen) atoms. The number of benzene rings is 1. The molecule has 2 rings (SSSR count). The van der Waals surface area contributed by atoms with E-state index in [1.807, 2.05) is 26.0 Å². The first-order valence-corrected chi connectivity index (χ1v) is 6.69. The van der Waals surface area contributed by atoms with Crippen LogP contribution in [0.15, 0.2) is 24.3 Å². The number of rotatable bonds is 4. The fourth-order valence-corrected chi connectivity index (χ4v) is 2.66. The predicted molar refractivity (Wildman–Crippen MR) is 71.1 cm³/mol. The van der Waals surface area contributed by atoms with Gasteiger partial charge in [-0.1, -0.05) is 25.0 Å². The molecule has 2 heteroatoms. The summed E-state index contributed by atoms with van der Waals surface area (Å²) >= 11 is 0. The molecule has 1 aliphatic rings. The monoisotopic (exact) mass is 233 g/mol. The van der Waals surface area contributed by atoms with Gasteiger partial charge in [0.25, 0.3) is 0 Å². The van der Waals surface area contributed by atoms with Crippen LogP contribution in [0.3, 0.4) is 0 Å². The van der Waals surface area contributed by atoms with Crippen molar-refractivity contribution in [2.75, 3.05) is 0 Å². The molecule has 0 radical (unpaired) electrons. The molecular formula is C15H23NO. The van der Waals surface area contributed by atoms with Crippen LogP contribution in [-0.4, -0.2) is 6.10 Å². The largest absolute Gasteiger partial charge is 0.491 e. The van der Waals surface area contributed by atoms with Crippen molar-refractivity contribution in [1.82, 2.24) is 0 Å². The number of hydrogen-bond acceptors (Lipinski definition) is 2. The van der Waals surface area contributed by atoms with E-state index in [1.165, 1.54) is 31.2 Å². The lowest BCUT2D eigenvalue weighted by molar-refractivity contribution is 0.242. The van der Waals surface area contributed by atoms with Gasteiger partial charge < -0.3 is 10.5 Å². The van der Waals surface area contributed by atoms with Crippen LogP contribution in [0.5, 0.6) is 5.75 Å². The van der Waals surface area contributed by atoms with Gasteiger partial charge >= 0.3 is 0 Å². The SMILES string of the molecule is CC(C)Oc1cccc(C(N)C2CCCC2)c1. The molecule has 1 unspecified atom stereocenters. The molecule has 0 bridgehead atoms. The molecule has 1 saturated carbocycles. The smallest absolute Gasteiger partial charge is 0.120 e. The van der Waals surface area contributed by atoms with Crippen LogP contribution in [0.25, 0.3) is 0 Å². The molecule has 1 aliphatic carbocycles. The third-order valence-corrected chi connectivity index (χ3v) is 3.52. The van der Waals surface area contributed by atoms with Gasteiger partial charge in [-0.15, -0.1) is 0 Å². The predicted octanol–water partition coefficient (Wildman–Crippen LogP) is 3.66. The Hall–Kier alpha value is -1.02. The van der Waals surface area contributed by atoms with E-state index in [-0.39, 0.29) is 12.1 Å². The standard InChI is InChI=1S/C15H23NO/c1-11(2)17-14-9-5-8-13(10-14)15(16)12-6-3-4-7-12/h5,8-12,15H,3-4,6-7,16H2,1-2H3. The van der Waals surface area contributed by atoms with E-state index in [4.69, 9.17) is 10.5 Å². The Morgan fingerprint density at radius 1 is 1.24 bits per heavy atom. The third kappa shape index (κ3) is 3.22. The average Bonchev–Trinajstić information content (AvgIpc) is 2.81. The summed E-state index contributed by atoms with van der Waals surface area (Å²) in [6, 6.07) is 8.44. The highest BCUT2D eigenvalue weighted by Gasteiger charge is 2.23. The van der Waals surface area contributed by atoms with E-state index in [0.29, 0.717) is 5.92 Å². The molecule has 0 heterocycles. The minimum Gasteiger partial charge on any atom is -0.491 e. The van der Waals surface area contributed by atoms with Gasteiger partial charge in [-0.25, -0.2) is 0 Å². The first-order valence-electron chi connectivity index (χ1n) is 6.69. The van der Waals surface area contributed by atoms with Crippen molar-refractivity contribution in [1.29, 1.82) is 0 Å². The molecular weight excluding hydrogens is 210 g/mol. The average molecular weight is 233 g/mol. The zero-order valence-corrected chi connectivity index (χ0v) is 10.9. The minimum absolute atomic E-state index is 0.174. The molecule has 2 nitrogen and oxygen atoms in total. The van der Waals surface area contributed by atoms with Crippen molar-refractivity contribution >= 4 is 0 Å². The number of ether oxygens (including phenoxy) is 1. The lowest BCUT2D eigenvalue weighted by Gasteiger charge is -2.20. The molecule has 0 aliphatic heterocycles. The van der Waals surface area contributed by atoms with Crippen LogP contribution in [-0.2, 0) is 0 Å². The molecule has 0 amide bonds. The Bertz CT molecular complexity index is 356. The maximum Gasteiger partial charge on any atom is 0.120 e. The highest BCUT2D eigenvalue weighted by Crippen LogP contribution is 2.35. The van der Waals surface area contributed by atoms with E-state index in [1.54, 1.807) is 0 Å². The van der Waals surface area contributed by atoms with E-state index >= 15 is 0 Å². The van der Waals surface area contributed by atoms with Gasteiger partial charge in [0.05, 0.1) is 6.10 Å². The normalized spacial score (nSPS) is 18.6. The van der Waals surface area contributed by atoms with Gasteiger partial charge in [0, 0.05) is 6.04 Å². The molecule has 1 aromatic rings. The summed E-state index contributed by atoms with van der Waals surface area (Å²) in [5.41, 5.74) is 7.56. The van der Waals surface area contributed by atoms with Crippen molar-refractivity contribution in [3.8, 4) is 5.75 Å². The fourth-order valence-electron chi connectivity index (χ4n) is 2.66. The van der Waals surface area contributed by atoms with Crippen LogP contribution in [0.2, 0.25) is 0 Å². The van der Waals surface area contributed by atoms with E-state index in [0.717, 1.165) is 5.75 Å². The quantitative estimate of drug-likeness (QED) is 0.861. The maximum absolute atomic E-state index is 6.34. The van der Waals surface area contributed by atoms with Crippen molar-refractivity contribution in [3.63, 3.8) is 0 Å². The summed E-state index contributed by atoms with van der Waals surface area (Å²) < 4.78 is 5.71. The molecule has 94 valence electrons. The zero-order chi connectivity index (χ0) is 12.3. The summed E-state index contributed by atoms with van der Waals surface area (Å²) in [7, 11) is 0. The summed E-state index contributed by atoms with van der Waals surface area (Å²) in [6.07, 6.45) is 5.43. The highest BCUT2D eigenvalue weighted by atomic mass is 16.5. The van der Waals surface area contributed by atoms with Gasteiger partial charge in [0.2, 0.25) is 0 Å². The molecule has 0 spiro atoms. The Morgan fingerprint density at radius 3 is 2.59 bits per heavy atom. The van der Waals surface area contributed by atoms with Crippen LogP contribution >= 0.6 is 0 Å². The van der Waals surface area contributed by atoms with Gasteiger partial charge in [-0.2, -0.15) is 0 Å². The number of nitrogens with two attached hydrogens (primary N) is 1. The van der Waals surface area contributed by atoms with Crippen molar-refractivity contribution in [3.05, 3.63) is 29.8 Å². The van der Waals surface area contributed by atoms with Gasteiger partial charge in [0.1, 0.15) is 5.75 Å². The van der Waals surface area contributed by atoms with Crippen molar-refractivity contribution in [2.45, 2.75) is 51.7 Å². The summed E-state index contributed by atoms with van der Waals surface area (Å²) in [5.74, 6) is 1.59.